The summed E-state index contributed by atoms with van der Waals surface area (Å²) in [6.07, 6.45) is 0. The Labute approximate surface area is 147 Å². The summed E-state index contributed by atoms with van der Waals surface area (Å²) in [5.74, 6) is 0.742. The summed E-state index contributed by atoms with van der Waals surface area (Å²) in [4.78, 5) is 31.2. The third-order valence-electron chi connectivity index (χ3n) is 4.55. The monoisotopic (exact) mass is 341 g/mol. The lowest BCUT2D eigenvalue weighted by Crippen LogP contribution is -2.54. The van der Waals surface area contributed by atoms with Gasteiger partial charge in [0.25, 0.3) is 5.91 Å². The number of rotatable bonds is 3. The van der Waals surface area contributed by atoms with E-state index in [1.807, 2.05) is 36.1 Å². The van der Waals surface area contributed by atoms with E-state index in [1.165, 1.54) is 6.07 Å². The summed E-state index contributed by atoms with van der Waals surface area (Å²) in [6.45, 7) is 5.94. The second kappa shape index (κ2) is 7.01. The summed E-state index contributed by atoms with van der Waals surface area (Å²) >= 11 is 0. The Morgan fingerprint density at radius 1 is 1.20 bits per heavy atom. The van der Waals surface area contributed by atoms with Gasteiger partial charge in [-0.2, -0.15) is 0 Å². The van der Waals surface area contributed by atoms with Crippen LogP contribution >= 0.6 is 0 Å². The molecular formula is C19H23N3O3. The van der Waals surface area contributed by atoms with Gasteiger partial charge in [0.15, 0.2) is 0 Å². The Kier molecular flexibility index (Phi) is 4.79. The molecule has 0 radical (unpaired) electrons. The predicted molar refractivity (Wildman–Crippen MR) is 97.5 cm³/mol. The number of nitrogens with zero attached hydrogens (tertiary/aromatic N) is 2. The fraction of sp³-hybridized carbons (Fsp3) is 0.368. The number of amides is 1. The van der Waals surface area contributed by atoms with Gasteiger partial charge in [-0.3, -0.25) is 9.59 Å². The van der Waals surface area contributed by atoms with Crippen LogP contribution in [-0.4, -0.2) is 48.6 Å². The molecule has 6 heteroatoms. The third-order valence-corrected chi connectivity index (χ3v) is 4.55. The minimum absolute atomic E-state index is 0.0583. The number of piperazine rings is 1. The maximum atomic E-state index is 12.8. The highest BCUT2D eigenvalue weighted by Crippen LogP contribution is 2.23. The highest BCUT2D eigenvalue weighted by molar-refractivity contribution is 5.94. The van der Waals surface area contributed by atoms with Gasteiger partial charge in [-0.25, -0.2) is 0 Å². The first-order valence-electron chi connectivity index (χ1n) is 8.39. The number of aryl methyl sites for hydroxylation is 1. The summed E-state index contributed by atoms with van der Waals surface area (Å²) in [7, 11) is 1.65. The first kappa shape index (κ1) is 17.1. The van der Waals surface area contributed by atoms with Gasteiger partial charge in [0, 0.05) is 48.7 Å². The van der Waals surface area contributed by atoms with Crippen LogP contribution in [0.5, 0.6) is 5.75 Å². The molecule has 1 saturated heterocycles. The molecule has 1 fully saturated rings. The van der Waals surface area contributed by atoms with E-state index in [2.05, 4.69) is 9.88 Å². The quantitative estimate of drug-likeness (QED) is 0.928. The summed E-state index contributed by atoms with van der Waals surface area (Å²) in [5, 5.41) is 0. The zero-order chi connectivity index (χ0) is 18.0. The van der Waals surface area contributed by atoms with E-state index < -0.39 is 0 Å². The van der Waals surface area contributed by atoms with Crippen molar-refractivity contribution in [3.05, 3.63) is 58.0 Å². The molecule has 0 aliphatic carbocycles. The zero-order valence-electron chi connectivity index (χ0n) is 14.8. The van der Waals surface area contributed by atoms with Crippen molar-refractivity contribution < 1.29 is 9.53 Å². The molecule has 1 amide bonds. The number of benzene rings is 1. The Balaban J connectivity index is 1.72. The van der Waals surface area contributed by atoms with Crippen LogP contribution in [0.4, 0.5) is 5.69 Å². The van der Waals surface area contributed by atoms with Gasteiger partial charge < -0.3 is 19.5 Å². The number of carbonyl (C=O) groups excluding carboxylic acids is 1. The van der Waals surface area contributed by atoms with Crippen LogP contribution in [0, 0.1) is 6.92 Å². The Bertz CT molecular complexity index is 813. The fourth-order valence-electron chi connectivity index (χ4n) is 3.26. The van der Waals surface area contributed by atoms with E-state index >= 15 is 0 Å². The number of ether oxygens (including phenoxy) is 1. The summed E-state index contributed by atoms with van der Waals surface area (Å²) in [5.41, 5.74) is 2.02. The number of carbonyl (C=O) groups is 1. The van der Waals surface area contributed by atoms with Crippen LogP contribution in [0.15, 0.2) is 41.2 Å². The molecule has 3 rings (SSSR count). The molecule has 1 atom stereocenters. The van der Waals surface area contributed by atoms with Crippen LogP contribution < -0.4 is 15.2 Å². The van der Waals surface area contributed by atoms with Gasteiger partial charge in [0.2, 0.25) is 5.56 Å². The lowest BCUT2D eigenvalue weighted by atomic mass is 10.1. The molecule has 132 valence electrons. The van der Waals surface area contributed by atoms with Crippen LogP contribution in [0.2, 0.25) is 0 Å². The van der Waals surface area contributed by atoms with Gasteiger partial charge >= 0.3 is 0 Å². The van der Waals surface area contributed by atoms with Crippen molar-refractivity contribution in [1.82, 2.24) is 9.88 Å². The third kappa shape index (κ3) is 3.68. The molecule has 0 spiro atoms. The number of pyridine rings is 1. The van der Waals surface area contributed by atoms with E-state index in [9.17, 15) is 9.59 Å². The van der Waals surface area contributed by atoms with Crippen molar-refractivity contribution in [2.45, 2.75) is 19.9 Å². The number of aromatic nitrogens is 1. The van der Waals surface area contributed by atoms with Crippen molar-refractivity contribution in [3.8, 4) is 5.75 Å². The smallest absolute Gasteiger partial charge is 0.254 e. The molecule has 25 heavy (non-hydrogen) atoms. The first-order chi connectivity index (χ1) is 12.0. The first-order valence-corrected chi connectivity index (χ1v) is 8.39. The minimum atomic E-state index is -0.243. The van der Waals surface area contributed by atoms with Crippen molar-refractivity contribution in [3.63, 3.8) is 0 Å². The van der Waals surface area contributed by atoms with Crippen LogP contribution in [0.25, 0.3) is 0 Å². The fourth-order valence-corrected chi connectivity index (χ4v) is 3.26. The SMILES string of the molecule is COc1ccc(N2CCN(C(=O)c3cc(C)[nH]c(=O)c3)[C@@H](C)C2)cc1. The highest BCUT2D eigenvalue weighted by atomic mass is 16.5. The normalized spacial score (nSPS) is 17.5. The largest absolute Gasteiger partial charge is 0.497 e. The maximum Gasteiger partial charge on any atom is 0.254 e. The molecule has 2 heterocycles. The Hall–Kier alpha value is -2.76. The maximum absolute atomic E-state index is 12.8. The highest BCUT2D eigenvalue weighted by Gasteiger charge is 2.28. The topological polar surface area (TPSA) is 65.6 Å². The number of H-pyrrole nitrogens is 1. The van der Waals surface area contributed by atoms with E-state index in [0.717, 1.165) is 24.5 Å². The van der Waals surface area contributed by atoms with Crippen molar-refractivity contribution in [2.75, 3.05) is 31.6 Å². The molecule has 2 aromatic rings. The molecule has 1 aromatic heterocycles. The average molecular weight is 341 g/mol. The minimum Gasteiger partial charge on any atom is -0.497 e. The lowest BCUT2D eigenvalue weighted by Gasteiger charge is -2.41. The second-order valence-electron chi connectivity index (χ2n) is 6.41. The molecule has 0 unspecified atom stereocenters. The summed E-state index contributed by atoms with van der Waals surface area (Å²) in [6, 6.07) is 11.1. The average Bonchev–Trinajstić information content (AvgIpc) is 2.60. The van der Waals surface area contributed by atoms with Crippen molar-refractivity contribution >= 4 is 11.6 Å². The van der Waals surface area contributed by atoms with Crippen molar-refractivity contribution in [2.24, 2.45) is 0 Å². The number of hydrogen-bond donors (Lipinski definition) is 1. The Morgan fingerprint density at radius 3 is 2.52 bits per heavy atom. The molecule has 1 aliphatic rings. The molecule has 1 aromatic carbocycles. The van der Waals surface area contributed by atoms with E-state index in [1.54, 1.807) is 20.1 Å². The van der Waals surface area contributed by atoms with Gasteiger partial charge in [-0.05, 0) is 44.2 Å². The lowest BCUT2D eigenvalue weighted by molar-refractivity contribution is 0.0674. The molecule has 1 N–H and O–H groups in total. The number of anilines is 1. The van der Waals surface area contributed by atoms with Crippen molar-refractivity contribution in [1.29, 1.82) is 0 Å². The van der Waals surface area contributed by atoms with Gasteiger partial charge in [0.05, 0.1) is 7.11 Å². The molecule has 1 aliphatic heterocycles. The van der Waals surface area contributed by atoms with Crippen LogP contribution in [-0.2, 0) is 0 Å². The van der Waals surface area contributed by atoms with E-state index in [4.69, 9.17) is 4.74 Å². The summed E-state index contributed by atoms with van der Waals surface area (Å²) < 4.78 is 5.19. The van der Waals surface area contributed by atoms with Crippen LogP contribution in [0.3, 0.4) is 0 Å². The number of hydrogen-bond acceptors (Lipinski definition) is 4. The molecule has 0 saturated carbocycles. The predicted octanol–water partition coefficient (Wildman–Crippen LogP) is 2.04. The standard InChI is InChI=1S/C19H23N3O3/c1-13-10-15(11-18(23)20-13)19(24)22-9-8-21(12-14(22)2)16-4-6-17(25-3)7-5-16/h4-7,10-11,14H,8-9,12H2,1-3H3,(H,20,23)/t14-/m0/s1. The molecule has 0 bridgehead atoms. The Morgan fingerprint density at radius 2 is 1.92 bits per heavy atom. The zero-order valence-corrected chi connectivity index (χ0v) is 14.8. The van der Waals surface area contributed by atoms with E-state index in [0.29, 0.717) is 17.8 Å². The number of aromatic amines is 1. The van der Waals surface area contributed by atoms with Gasteiger partial charge in [-0.15, -0.1) is 0 Å². The molecular weight excluding hydrogens is 318 g/mol. The number of nitrogens with one attached hydrogen (secondary N) is 1. The number of methoxy groups -OCH3 is 1. The van der Waals surface area contributed by atoms with E-state index in [-0.39, 0.29) is 17.5 Å². The van der Waals surface area contributed by atoms with Gasteiger partial charge in [0.1, 0.15) is 5.75 Å². The van der Waals surface area contributed by atoms with Crippen LogP contribution in [0.1, 0.15) is 23.0 Å². The van der Waals surface area contributed by atoms with Gasteiger partial charge in [-0.1, -0.05) is 0 Å². The second-order valence-corrected chi connectivity index (χ2v) is 6.41. The molecule has 6 nitrogen and oxygen atoms in total.